The summed E-state index contributed by atoms with van der Waals surface area (Å²) < 4.78 is 10.00. The molecule has 0 aliphatic carbocycles. The van der Waals surface area contributed by atoms with Crippen LogP contribution in [0, 0.1) is 6.92 Å². The highest BCUT2D eigenvalue weighted by Crippen LogP contribution is 2.14. The molecule has 1 aromatic heterocycles. The van der Waals surface area contributed by atoms with E-state index in [1.165, 1.54) is 0 Å². The van der Waals surface area contributed by atoms with E-state index in [2.05, 4.69) is 5.16 Å². The zero-order chi connectivity index (χ0) is 16.8. The molecular weight excluding hydrogens is 300 g/mol. The van der Waals surface area contributed by atoms with Gasteiger partial charge in [-0.25, -0.2) is 4.79 Å². The van der Waals surface area contributed by atoms with Crippen molar-refractivity contribution in [1.82, 2.24) is 10.1 Å². The molecule has 0 spiro atoms. The van der Waals surface area contributed by atoms with Gasteiger partial charge in [0.15, 0.2) is 6.61 Å². The highest BCUT2D eigenvalue weighted by molar-refractivity contribution is 5.78. The molecule has 2 aromatic rings. The predicted molar refractivity (Wildman–Crippen MR) is 81.0 cm³/mol. The van der Waals surface area contributed by atoms with E-state index in [1.807, 2.05) is 0 Å². The lowest BCUT2D eigenvalue weighted by molar-refractivity contribution is -0.139. The van der Waals surface area contributed by atoms with Crippen LogP contribution in [0.4, 0.5) is 0 Å². The largest absolute Gasteiger partial charge is 0.482 e. The van der Waals surface area contributed by atoms with Gasteiger partial charge in [-0.1, -0.05) is 17.3 Å². The van der Waals surface area contributed by atoms with Crippen LogP contribution in [0.5, 0.6) is 5.75 Å². The van der Waals surface area contributed by atoms with Crippen LogP contribution in [-0.4, -0.2) is 40.7 Å². The number of hydrogen-bond acceptors (Lipinski definition) is 5. The molecule has 7 heteroatoms. The summed E-state index contributed by atoms with van der Waals surface area (Å²) in [4.78, 5) is 24.1. The molecule has 23 heavy (non-hydrogen) atoms. The molecule has 0 radical (unpaired) electrons. The average Bonchev–Trinajstić information content (AvgIpc) is 2.91. The van der Waals surface area contributed by atoms with Crippen molar-refractivity contribution in [2.45, 2.75) is 19.9 Å². The normalized spacial score (nSPS) is 10.3. The number of ether oxygens (including phenoxy) is 1. The SMILES string of the molecule is Cc1cc(CC(=O)N(C)Cc2ccc(OCC(=O)O)cc2)no1. The number of hydrogen-bond donors (Lipinski definition) is 1. The van der Waals surface area contributed by atoms with E-state index in [4.69, 9.17) is 14.4 Å². The minimum Gasteiger partial charge on any atom is -0.482 e. The Balaban J connectivity index is 1.87. The van der Waals surface area contributed by atoms with E-state index < -0.39 is 5.97 Å². The van der Waals surface area contributed by atoms with Gasteiger partial charge in [-0.05, 0) is 24.6 Å². The van der Waals surface area contributed by atoms with Crippen LogP contribution in [0.25, 0.3) is 0 Å². The second-order valence-electron chi connectivity index (χ2n) is 5.18. The number of carbonyl (C=O) groups is 2. The molecule has 7 nitrogen and oxygen atoms in total. The van der Waals surface area contributed by atoms with Crippen molar-refractivity contribution in [3.8, 4) is 5.75 Å². The second-order valence-corrected chi connectivity index (χ2v) is 5.18. The topological polar surface area (TPSA) is 92.9 Å². The number of nitrogens with zero attached hydrogens (tertiary/aromatic N) is 2. The highest BCUT2D eigenvalue weighted by Gasteiger charge is 2.13. The summed E-state index contributed by atoms with van der Waals surface area (Å²) in [6, 6.07) is 8.68. The Morgan fingerprint density at radius 3 is 2.57 bits per heavy atom. The first-order valence-electron chi connectivity index (χ1n) is 7.03. The smallest absolute Gasteiger partial charge is 0.341 e. The number of carboxylic acids is 1. The summed E-state index contributed by atoms with van der Waals surface area (Å²) >= 11 is 0. The van der Waals surface area contributed by atoms with Crippen molar-refractivity contribution in [2.75, 3.05) is 13.7 Å². The van der Waals surface area contributed by atoms with Crippen molar-refractivity contribution >= 4 is 11.9 Å². The third kappa shape index (κ3) is 5.14. The summed E-state index contributed by atoms with van der Waals surface area (Å²) in [7, 11) is 1.71. The summed E-state index contributed by atoms with van der Waals surface area (Å²) in [5, 5.41) is 12.4. The van der Waals surface area contributed by atoms with Crippen LogP contribution in [0.3, 0.4) is 0 Å². The van der Waals surface area contributed by atoms with Crippen LogP contribution in [-0.2, 0) is 22.6 Å². The second kappa shape index (κ2) is 7.44. The fourth-order valence-electron chi connectivity index (χ4n) is 1.99. The molecule has 0 saturated heterocycles. The lowest BCUT2D eigenvalue weighted by atomic mass is 10.2. The molecule has 1 heterocycles. The molecule has 2 rings (SSSR count). The molecule has 0 aliphatic heterocycles. The molecule has 1 aromatic carbocycles. The van der Waals surface area contributed by atoms with Crippen molar-refractivity contribution < 1.29 is 24.0 Å². The van der Waals surface area contributed by atoms with Gasteiger partial charge in [-0.3, -0.25) is 4.79 Å². The maximum absolute atomic E-state index is 12.1. The van der Waals surface area contributed by atoms with Crippen molar-refractivity contribution in [1.29, 1.82) is 0 Å². The number of aliphatic carboxylic acids is 1. The highest BCUT2D eigenvalue weighted by atomic mass is 16.5. The summed E-state index contributed by atoms with van der Waals surface area (Å²) in [6.07, 6.45) is 0.188. The number of benzene rings is 1. The molecule has 1 N–H and O–H groups in total. The van der Waals surface area contributed by atoms with Gasteiger partial charge in [0.25, 0.3) is 0 Å². The Hall–Kier alpha value is -2.83. The zero-order valence-electron chi connectivity index (χ0n) is 13.0. The molecule has 122 valence electrons. The maximum atomic E-state index is 12.1. The van der Waals surface area contributed by atoms with E-state index in [-0.39, 0.29) is 18.9 Å². The summed E-state index contributed by atoms with van der Waals surface area (Å²) in [5.41, 5.74) is 1.52. The maximum Gasteiger partial charge on any atom is 0.341 e. The fourth-order valence-corrected chi connectivity index (χ4v) is 1.99. The van der Waals surface area contributed by atoms with Crippen LogP contribution < -0.4 is 4.74 Å². The number of aryl methyl sites for hydroxylation is 1. The fraction of sp³-hybridized carbons (Fsp3) is 0.312. The van der Waals surface area contributed by atoms with Gasteiger partial charge >= 0.3 is 5.97 Å². The lowest BCUT2D eigenvalue weighted by Gasteiger charge is -2.17. The van der Waals surface area contributed by atoms with Crippen LogP contribution in [0.2, 0.25) is 0 Å². The van der Waals surface area contributed by atoms with Gasteiger partial charge in [0.1, 0.15) is 11.5 Å². The van der Waals surface area contributed by atoms with E-state index in [9.17, 15) is 9.59 Å². The van der Waals surface area contributed by atoms with Gasteiger partial charge in [0.2, 0.25) is 5.91 Å². The quantitative estimate of drug-likeness (QED) is 0.834. The van der Waals surface area contributed by atoms with E-state index in [0.29, 0.717) is 23.7 Å². The first-order valence-corrected chi connectivity index (χ1v) is 7.03. The molecular formula is C16H18N2O5. The predicted octanol–water partition coefficient (Wildman–Crippen LogP) is 1.65. The van der Waals surface area contributed by atoms with Gasteiger partial charge in [0, 0.05) is 19.7 Å². The minimum absolute atomic E-state index is 0.0653. The molecule has 0 unspecified atom stereocenters. The monoisotopic (exact) mass is 318 g/mol. The zero-order valence-corrected chi connectivity index (χ0v) is 13.0. The molecule has 0 bridgehead atoms. The summed E-state index contributed by atoms with van der Waals surface area (Å²) in [6.45, 7) is 1.84. The van der Waals surface area contributed by atoms with E-state index in [1.54, 1.807) is 49.2 Å². The Labute approximate surface area is 133 Å². The van der Waals surface area contributed by atoms with Crippen LogP contribution in [0.1, 0.15) is 17.0 Å². The van der Waals surface area contributed by atoms with Gasteiger partial charge in [-0.2, -0.15) is 0 Å². The van der Waals surface area contributed by atoms with Crippen LogP contribution in [0.15, 0.2) is 34.9 Å². The van der Waals surface area contributed by atoms with Gasteiger partial charge in [-0.15, -0.1) is 0 Å². The number of carbonyl (C=O) groups excluding carboxylic acids is 1. The minimum atomic E-state index is -1.03. The number of carboxylic acid groups (broad SMARTS) is 1. The third-order valence-corrected chi connectivity index (χ3v) is 3.14. The third-order valence-electron chi connectivity index (χ3n) is 3.14. The number of aromatic nitrogens is 1. The molecule has 1 amide bonds. The van der Waals surface area contributed by atoms with Gasteiger partial charge in [0.05, 0.1) is 12.1 Å². The van der Waals surface area contributed by atoms with Crippen LogP contribution >= 0.6 is 0 Å². The van der Waals surface area contributed by atoms with Crippen molar-refractivity contribution in [3.63, 3.8) is 0 Å². The molecule has 0 fully saturated rings. The average molecular weight is 318 g/mol. The molecule has 0 aliphatic rings. The Morgan fingerprint density at radius 1 is 1.30 bits per heavy atom. The first kappa shape index (κ1) is 16.5. The standard InChI is InChI=1S/C16H18N2O5/c1-11-7-13(17-23-11)8-15(19)18(2)9-12-3-5-14(6-4-12)22-10-16(20)21/h3-7H,8-10H2,1-2H3,(H,20,21). The Kier molecular flexibility index (Phi) is 5.35. The number of amides is 1. The number of likely N-dealkylation sites (N-methyl/N-ethyl adjacent to an activating group) is 1. The lowest BCUT2D eigenvalue weighted by Crippen LogP contribution is -2.27. The number of rotatable bonds is 7. The van der Waals surface area contributed by atoms with E-state index >= 15 is 0 Å². The summed E-state index contributed by atoms with van der Waals surface area (Å²) in [5.74, 6) is 0.0580. The molecule has 0 saturated carbocycles. The molecule has 0 atom stereocenters. The Bertz CT molecular complexity index is 678. The van der Waals surface area contributed by atoms with Gasteiger partial charge < -0.3 is 19.3 Å². The van der Waals surface area contributed by atoms with E-state index in [0.717, 1.165) is 5.56 Å². The van der Waals surface area contributed by atoms with Crippen molar-refractivity contribution in [3.05, 3.63) is 47.3 Å². The van der Waals surface area contributed by atoms with Crippen molar-refractivity contribution in [2.24, 2.45) is 0 Å². The Morgan fingerprint density at radius 2 is 2.00 bits per heavy atom. The first-order chi connectivity index (χ1) is 10.9.